The average Bonchev–Trinajstić information content (AvgIpc) is 3.50. The number of carbonyl (C=O) groups is 2. The van der Waals surface area contributed by atoms with Crippen molar-refractivity contribution < 1.29 is 18.7 Å². The molecule has 0 spiro atoms. The molecule has 44 heavy (non-hydrogen) atoms. The van der Waals surface area contributed by atoms with Crippen LogP contribution < -0.4 is 10.2 Å². The van der Waals surface area contributed by atoms with Gasteiger partial charge < -0.3 is 19.9 Å². The lowest BCUT2D eigenvalue weighted by atomic mass is 10.0. The molecule has 0 atom stereocenters. The van der Waals surface area contributed by atoms with Gasteiger partial charge in [0.1, 0.15) is 18.5 Å². The zero-order chi connectivity index (χ0) is 30.5. The Morgan fingerprint density at radius 2 is 1.80 bits per heavy atom. The highest BCUT2D eigenvalue weighted by Gasteiger charge is 2.29. The molecule has 0 unspecified atom stereocenters. The van der Waals surface area contributed by atoms with E-state index in [1.165, 1.54) is 6.07 Å². The molecule has 1 fully saturated rings. The van der Waals surface area contributed by atoms with Gasteiger partial charge >= 0.3 is 6.09 Å². The Hall–Kier alpha value is -5.30. The van der Waals surface area contributed by atoms with Gasteiger partial charge in [-0.15, -0.1) is 0 Å². The quantitative estimate of drug-likeness (QED) is 0.303. The summed E-state index contributed by atoms with van der Waals surface area (Å²) in [4.78, 5) is 38.1. The fourth-order valence-corrected chi connectivity index (χ4v) is 5.72. The highest BCUT2D eigenvalue weighted by atomic mass is 19.1. The number of rotatable bonds is 7. The fraction of sp³-hybridized carbons (Fsp3) is 0.265. The number of ether oxygens (including phenoxy) is 1. The molecule has 0 aliphatic carbocycles. The maximum absolute atomic E-state index is 14.2. The summed E-state index contributed by atoms with van der Waals surface area (Å²) >= 11 is 0. The number of fused-ring (bicyclic) bond motifs is 1. The highest BCUT2D eigenvalue weighted by molar-refractivity contribution is 5.98. The molecule has 3 heterocycles. The van der Waals surface area contributed by atoms with Crippen LogP contribution in [0.1, 0.15) is 35.1 Å². The molecule has 2 aliphatic rings. The van der Waals surface area contributed by atoms with Crippen LogP contribution in [0.3, 0.4) is 0 Å². The molecule has 2 amide bonds. The molecule has 1 aromatic heterocycles. The lowest BCUT2D eigenvalue weighted by Gasteiger charge is -2.31. The number of nitrogens with zero attached hydrogens (tertiary/aromatic N) is 5. The van der Waals surface area contributed by atoms with Crippen molar-refractivity contribution >= 4 is 23.6 Å². The fourth-order valence-electron chi connectivity index (χ4n) is 5.72. The van der Waals surface area contributed by atoms with Gasteiger partial charge in [0.25, 0.3) is 0 Å². The van der Waals surface area contributed by atoms with Gasteiger partial charge in [-0.2, -0.15) is 5.26 Å². The van der Waals surface area contributed by atoms with Crippen LogP contribution in [0.2, 0.25) is 0 Å². The van der Waals surface area contributed by atoms with Gasteiger partial charge in [0, 0.05) is 37.4 Å². The molecule has 1 N–H and O–H groups in total. The predicted molar refractivity (Wildman–Crippen MR) is 163 cm³/mol. The van der Waals surface area contributed by atoms with Crippen LogP contribution in [-0.4, -0.2) is 52.5 Å². The van der Waals surface area contributed by atoms with Crippen LogP contribution >= 0.6 is 0 Å². The Morgan fingerprint density at radius 3 is 2.57 bits per heavy atom. The Balaban J connectivity index is 1.09. The smallest absolute Gasteiger partial charge is 0.410 e. The summed E-state index contributed by atoms with van der Waals surface area (Å²) in [6, 6.07) is 23.6. The van der Waals surface area contributed by atoms with E-state index in [0.717, 1.165) is 29.5 Å². The first-order valence-electron chi connectivity index (χ1n) is 14.6. The minimum atomic E-state index is -0.420. The van der Waals surface area contributed by atoms with Gasteiger partial charge in [0.15, 0.2) is 0 Å². The van der Waals surface area contributed by atoms with E-state index >= 15 is 0 Å². The monoisotopic (exact) mass is 590 g/mol. The predicted octanol–water partition coefficient (Wildman–Crippen LogP) is 5.50. The second kappa shape index (κ2) is 12.9. The lowest BCUT2D eigenvalue weighted by Crippen LogP contribution is -2.42. The molecule has 0 bridgehead atoms. The normalized spacial score (nSPS) is 14.5. The van der Waals surface area contributed by atoms with Crippen molar-refractivity contribution in [2.75, 3.05) is 29.9 Å². The van der Waals surface area contributed by atoms with Crippen LogP contribution in [0.15, 0.2) is 79.0 Å². The molecule has 3 aromatic carbocycles. The van der Waals surface area contributed by atoms with Gasteiger partial charge in [-0.25, -0.2) is 19.2 Å². The van der Waals surface area contributed by atoms with Gasteiger partial charge in [-0.3, -0.25) is 4.79 Å². The molecule has 9 nitrogen and oxygen atoms in total. The molecule has 10 heteroatoms. The average molecular weight is 591 g/mol. The Bertz CT molecular complexity index is 1720. The molecule has 2 aliphatic heterocycles. The van der Waals surface area contributed by atoms with E-state index < -0.39 is 5.82 Å². The van der Waals surface area contributed by atoms with Crippen molar-refractivity contribution in [3.8, 4) is 17.3 Å². The molecular weight excluding hydrogens is 559 g/mol. The third kappa shape index (κ3) is 6.37. The maximum atomic E-state index is 14.2. The summed E-state index contributed by atoms with van der Waals surface area (Å²) in [5.41, 5.74) is 4.52. The molecule has 222 valence electrons. The van der Waals surface area contributed by atoms with Crippen molar-refractivity contribution in [3.63, 3.8) is 0 Å². The number of amides is 2. The molecule has 4 aromatic rings. The summed E-state index contributed by atoms with van der Waals surface area (Å²) in [7, 11) is 0. The summed E-state index contributed by atoms with van der Waals surface area (Å²) in [5, 5.41) is 13.4. The SMILES string of the molecule is N#Cc1cc(-c2ccnc(NC3CCN(C(=O)OCc4ccccc4)CC3)n2)cc2c1N(C(=O)Cc1ccccc1F)CC2. The number of nitriles is 1. The topological polar surface area (TPSA) is 111 Å². The van der Waals surface area contributed by atoms with Gasteiger partial charge in [0.05, 0.1) is 23.4 Å². The summed E-state index contributed by atoms with van der Waals surface area (Å²) < 4.78 is 19.6. The number of piperidine rings is 1. The Kier molecular flexibility index (Phi) is 8.46. The van der Waals surface area contributed by atoms with Crippen LogP contribution in [0, 0.1) is 17.1 Å². The number of hydrogen-bond donors (Lipinski definition) is 1. The van der Waals surface area contributed by atoms with Crippen molar-refractivity contribution in [1.29, 1.82) is 5.26 Å². The van der Waals surface area contributed by atoms with Crippen LogP contribution in [-0.2, 0) is 29.0 Å². The third-order valence-electron chi connectivity index (χ3n) is 8.03. The van der Waals surface area contributed by atoms with E-state index in [4.69, 9.17) is 9.72 Å². The lowest BCUT2D eigenvalue weighted by molar-refractivity contribution is -0.117. The Morgan fingerprint density at radius 1 is 1.02 bits per heavy atom. The van der Waals surface area contributed by atoms with Crippen molar-refractivity contribution in [3.05, 3.63) is 107 Å². The van der Waals surface area contributed by atoms with E-state index in [2.05, 4.69) is 16.4 Å². The zero-order valence-electron chi connectivity index (χ0n) is 24.1. The first kappa shape index (κ1) is 28.8. The van der Waals surface area contributed by atoms with Crippen LogP contribution in [0.25, 0.3) is 11.3 Å². The van der Waals surface area contributed by atoms with E-state index in [0.29, 0.717) is 54.5 Å². The molecule has 0 radical (unpaired) electrons. The van der Waals surface area contributed by atoms with Crippen molar-refractivity contribution in [2.24, 2.45) is 0 Å². The summed E-state index contributed by atoms with van der Waals surface area (Å²) in [6.07, 6.45) is 3.31. The molecule has 1 saturated heterocycles. The second-order valence-corrected chi connectivity index (χ2v) is 10.9. The summed E-state index contributed by atoms with van der Waals surface area (Å²) in [6.45, 7) is 1.80. The second-order valence-electron chi connectivity index (χ2n) is 10.9. The maximum Gasteiger partial charge on any atom is 0.410 e. The summed E-state index contributed by atoms with van der Waals surface area (Å²) in [5.74, 6) is -0.202. The van der Waals surface area contributed by atoms with E-state index in [1.54, 1.807) is 46.3 Å². The largest absolute Gasteiger partial charge is 0.445 e. The van der Waals surface area contributed by atoms with Gasteiger partial charge in [-0.1, -0.05) is 48.5 Å². The minimum Gasteiger partial charge on any atom is -0.445 e. The van der Waals surface area contributed by atoms with Crippen molar-refractivity contribution in [2.45, 2.75) is 38.3 Å². The molecule has 6 rings (SSSR count). The minimum absolute atomic E-state index is 0.0759. The third-order valence-corrected chi connectivity index (χ3v) is 8.03. The number of halogens is 1. The van der Waals surface area contributed by atoms with Gasteiger partial charge in [-0.05, 0) is 60.2 Å². The number of benzene rings is 3. The standard InChI is InChI=1S/C34H31FN6O3/c35-29-9-5-4-8-24(29)20-31(42)41-17-11-25-18-26(19-27(21-36)32(25)41)30-10-14-37-33(39-30)38-28-12-15-40(16-13-28)34(43)44-22-23-6-2-1-3-7-23/h1-10,14,18-19,28H,11-13,15-17,20,22H2,(H,37,38,39). The number of carbonyl (C=O) groups excluding carboxylic acids is 2. The van der Waals surface area contributed by atoms with Crippen molar-refractivity contribution in [1.82, 2.24) is 14.9 Å². The van der Waals surface area contributed by atoms with Crippen LogP contribution in [0.4, 0.5) is 20.8 Å². The molecule has 0 saturated carbocycles. The first-order chi connectivity index (χ1) is 21.5. The van der Waals surface area contributed by atoms with Crippen LogP contribution in [0.5, 0.6) is 0 Å². The Labute approximate surface area is 254 Å². The number of aromatic nitrogens is 2. The highest BCUT2D eigenvalue weighted by Crippen LogP contribution is 2.36. The number of hydrogen-bond acceptors (Lipinski definition) is 7. The van der Waals surface area contributed by atoms with E-state index in [1.807, 2.05) is 36.4 Å². The zero-order valence-corrected chi connectivity index (χ0v) is 24.1. The van der Waals surface area contributed by atoms with E-state index in [-0.39, 0.29) is 31.1 Å². The number of anilines is 2. The number of nitrogens with one attached hydrogen (secondary N) is 1. The van der Waals surface area contributed by atoms with E-state index in [9.17, 15) is 19.2 Å². The van der Waals surface area contributed by atoms with Gasteiger partial charge in [0.2, 0.25) is 11.9 Å². The number of likely N-dealkylation sites (tertiary alicyclic amines) is 1. The molecular formula is C34H31FN6O3. The first-order valence-corrected chi connectivity index (χ1v) is 14.6.